The molecule has 2 bridgehead atoms. The molecule has 4 heteroatoms. The molecule has 3 aliphatic rings. The molecule has 1 amide bonds. The highest BCUT2D eigenvalue weighted by Crippen LogP contribution is 2.41. The molecule has 0 spiro atoms. The minimum Gasteiger partial charge on any atom is -0.356 e. The first-order chi connectivity index (χ1) is 9.63. The Morgan fingerprint density at radius 2 is 1.95 bits per heavy atom. The number of hydrogen-bond acceptors (Lipinski definition) is 3. The number of nitrogens with two attached hydrogens (primary N) is 1. The van der Waals surface area contributed by atoms with Gasteiger partial charge in [-0.1, -0.05) is 6.42 Å². The molecule has 1 heterocycles. The first-order valence-corrected chi connectivity index (χ1v) is 8.35. The third-order valence-electron chi connectivity index (χ3n) is 5.84. The summed E-state index contributed by atoms with van der Waals surface area (Å²) in [6.07, 6.45) is 7.04. The summed E-state index contributed by atoms with van der Waals surface area (Å²) in [6.45, 7) is 3.16. The van der Waals surface area contributed by atoms with Gasteiger partial charge in [-0.15, -0.1) is 0 Å². The number of nitrogens with zero attached hydrogens (tertiary/aromatic N) is 1. The van der Waals surface area contributed by atoms with E-state index in [0.717, 1.165) is 25.9 Å². The fourth-order valence-corrected chi connectivity index (χ4v) is 4.59. The van der Waals surface area contributed by atoms with Crippen LogP contribution in [-0.4, -0.2) is 43.5 Å². The number of carbonyl (C=O) groups excluding carboxylic acids is 1. The predicted molar refractivity (Wildman–Crippen MR) is 80.1 cm³/mol. The second-order valence-electron chi connectivity index (χ2n) is 7.36. The lowest BCUT2D eigenvalue weighted by atomic mass is 9.65. The Kier molecular flexibility index (Phi) is 4.32. The molecule has 2 aliphatic carbocycles. The molecule has 1 aliphatic heterocycles. The van der Waals surface area contributed by atoms with Gasteiger partial charge in [-0.3, -0.25) is 4.79 Å². The standard InChI is InChI=1S/C16H29N3O/c1-19-6-5-11(10-19)9-18-16(20)14-7-12-3-2-4-13(8-14)15(12)17/h11-15H,2-10,17H2,1H3,(H,18,20). The number of amides is 1. The van der Waals surface area contributed by atoms with Gasteiger partial charge in [0.25, 0.3) is 0 Å². The Balaban J connectivity index is 1.48. The molecule has 0 aromatic heterocycles. The smallest absolute Gasteiger partial charge is 0.223 e. The van der Waals surface area contributed by atoms with Gasteiger partial charge >= 0.3 is 0 Å². The van der Waals surface area contributed by atoms with Crippen LogP contribution in [-0.2, 0) is 4.79 Å². The van der Waals surface area contributed by atoms with Crippen molar-refractivity contribution in [1.82, 2.24) is 10.2 Å². The van der Waals surface area contributed by atoms with E-state index < -0.39 is 0 Å². The van der Waals surface area contributed by atoms with E-state index in [1.807, 2.05) is 0 Å². The van der Waals surface area contributed by atoms with Crippen LogP contribution in [0.2, 0.25) is 0 Å². The molecule has 3 atom stereocenters. The average molecular weight is 279 g/mol. The quantitative estimate of drug-likeness (QED) is 0.816. The molecule has 1 saturated heterocycles. The number of fused-ring (bicyclic) bond motifs is 2. The van der Waals surface area contributed by atoms with E-state index in [1.165, 1.54) is 32.2 Å². The van der Waals surface area contributed by atoms with Gasteiger partial charge in [0.1, 0.15) is 0 Å². The normalized spacial score (nSPS) is 41.6. The van der Waals surface area contributed by atoms with Gasteiger partial charge in [0, 0.05) is 25.0 Å². The van der Waals surface area contributed by atoms with Crippen molar-refractivity contribution in [3.8, 4) is 0 Å². The van der Waals surface area contributed by atoms with Crippen LogP contribution in [0.3, 0.4) is 0 Å². The molecular formula is C16H29N3O. The minimum absolute atomic E-state index is 0.226. The zero-order valence-corrected chi connectivity index (χ0v) is 12.7. The third-order valence-corrected chi connectivity index (χ3v) is 5.84. The van der Waals surface area contributed by atoms with E-state index in [1.54, 1.807) is 0 Å². The lowest BCUT2D eigenvalue weighted by molar-refractivity contribution is -0.128. The van der Waals surface area contributed by atoms with Gasteiger partial charge in [-0.25, -0.2) is 0 Å². The second-order valence-corrected chi connectivity index (χ2v) is 7.36. The molecule has 0 radical (unpaired) electrons. The van der Waals surface area contributed by atoms with Crippen molar-refractivity contribution in [3.63, 3.8) is 0 Å². The van der Waals surface area contributed by atoms with Crippen molar-refractivity contribution in [2.45, 2.75) is 44.6 Å². The van der Waals surface area contributed by atoms with Crippen molar-refractivity contribution in [2.24, 2.45) is 29.4 Å². The van der Waals surface area contributed by atoms with Crippen LogP contribution in [0.1, 0.15) is 38.5 Å². The molecule has 2 saturated carbocycles. The summed E-state index contributed by atoms with van der Waals surface area (Å²) in [4.78, 5) is 14.8. The Bertz CT molecular complexity index is 346. The zero-order valence-electron chi connectivity index (χ0n) is 12.7. The zero-order chi connectivity index (χ0) is 14.1. The van der Waals surface area contributed by atoms with Gasteiger partial charge in [0.15, 0.2) is 0 Å². The Morgan fingerprint density at radius 3 is 2.55 bits per heavy atom. The van der Waals surface area contributed by atoms with E-state index in [-0.39, 0.29) is 5.92 Å². The van der Waals surface area contributed by atoms with Crippen LogP contribution < -0.4 is 11.1 Å². The Hall–Kier alpha value is -0.610. The highest BCUT2D eigenvalue weighted by atomic mass is 16.1. The summed E-state index contributed by atoms with van der Waals surface area (Å²) in [5, 5.41) is 3.21. The molecule has 114 valence electrons. The lowest BCUT2D eigenvalue weighted by Gasteiger charge is -2.43. The minimum atomic E-state index is 0.226. The largest absolute Gasteiger partial charge is 0.356 e. The monoisotopic (exact) mass is 279 g/mol. The van der Waals surface area contributed by atoms with Gasteiger partial charge in [-0.2, -0.15) is 0 Å². The fraction of sp³-hybridized carbons (Fsp3) is 0.938. The summed E-state index contributed by atoms with van der Waals surface area (Å²) < 4.78 is 0. The van der Waals surface area contributed by atoms with Crippen molar-refractivity contribution >= 4 is 5.91 Å². The van der Waals surface area contributed by atoms with E-state index in [0.29, 0.717) is 29.7 Å². The third kappa shape index (κ3) is 3.01. The number of nitrogens with one attached hydrogen (secondary N) is 1. The van der Waals surface area contributed by atoms with E-state index in [2.05, 4.69) is 17.3 Å². The molecule has 0 aromatic carbocycles. The molecule has 3 N–H and O–H groups in total. The first-order valence-electron chi connectivity index (χ1n) is 8.35. The van der Waals surface area contributed by atoms with Gasteiger partial charge in [0.05, 0.1) is 0 Å². The predicted octanol–water partition coefficient (Wildman–Crippen LogP) is 1.21. The number of rotatable bonds is 3. The van der Waals surface area contributed by atoms with E-state index in [4.69, 9.17) is 5.73 Å². The maximum atomic E-state index is 12.4. The first kappa shape index (κ1) is 14.3. The Labute approximate surface area is 122 Å². The van der Waals surface area contributed by atoms with Crippen LogP contribution in [0.5, 0.6) is 0 Å². The van der Waals surface area contributed by atoms with E-state index >= 15 is 0 Å². The van der Waals surface area contributed by atoms with Gasteiger partial charge in [0.2, 0.25) is 5.91 Å². The molecule has 0 aromatic rings. The van der Waals surface area contributed by atoms with Crippen molar-refractivity contribution in [3.05, 3.63) is 0 Å². The average Bonchev–Trinajstić information content (AvgIpc) is 2.81. The molecule has 20 heavy (non-hydrogen) atoms. The molecule has 3 unspecified atom stereocenters. The van der Waals surface area contributed by atoms with Gasteiger partial charge in [-0.05, 0) is 63.5 Å². The summed E-state index contributed by atoms with van der Waals surface area (Å²) in [5.41, 5.74) is 6.30. The SMILES string of the molecule is CN1CCC(CNC(=O)C2CC3CCCC(C2)C3N)C1. The highest BCUT2D eigenvalue weighted by Gasteiger charge is 2.40. The van der Waals surface area contributed by atoms with Crippen LogP contribution in [0, 0.1) is 23.7 Å². The maximum absolute atomic E-state index is 12.4. The second kappa shape index (κ2) is 6.02. The van der Waals surface area contributed by atoms with Crippen LogP contribution in [0.25, 0.3) is 0 Å². The number of likely N-dealkylation sites (tertiary alicyclic amines) is 1. The summed E-state index contributed by atoms with van der Waals surface area (Å²) in [7, 11) is 2.16. The molecule has 4 nitrogen and oxygen atoms in total. The Morgan fingerprint density at radius 1 is 1.25 bits per heavy atom. The number of hydrogen-bond donors (Lipinski definition) is 2. The van der Waals surface area contributed by atoms with Crippen molar-refractivity contribution in [1.29, 1.82) is 0 Å². The number of carbonyl (C=O) groups is 1. The topological polar surface area (TPSA) is 58.4 Å². The lowest BCUT2D eigenvalue weighted by Crippen LogP contribution is -2.49. The summed E-state index contributed by atoms with van der Waals surface area (Å²) in [6, 6.07) is 0.358. The van der Waals surface area contributed by atoms with Gasteiger partial charge < -0.3 is 16.0 Å². The van der Waals surface area contributed by atoms with Crippen molar-refractivity contribution in [2.75, 3.05) is 26.7 Å². The molecule has 3 rings (SSSR count). The fourth-order valence-electron chi connectivity index (χ4n) is 4.59. The van der Waals surface area contributed by atoms with Crippen LogP contribution >= 0.6 is 0 Å². The molecular weight excluding hydrogens is 250 g/mol. The van der Waals surface area contributed by atoms with Crippen LogP contribution in [0.15, 0.2) is 0 Å². The van der Waals surface area contributed by atoms with Crippen LogP contribution in [0.4, 0.5) is 0 Å². The highest BCUT2D eigenvalue weighted by molar-refractivity contribution is 5.78. The summed E-state index contributed by atoms with van der Waals surface area (Å²) >= 11 is 0. The van der Waals surface area contributed by atoms with E-state index in [9.17, 15) is 4.79 Å². The maximum Gasteiger partial charge on any atom is 0.223 e. The molecule has 3 fully saturated rings. The summed E-state index contributed by atoms with van der Waals surface area (Å²) in [5.74, 6) is 2.36. The van der Waals surface area contributed by atoms with Crippen molar-refractivity contribution < 1.29 is 4.79 Å².